The average Bonchev–Trinajstić information content (AvgIpc) is 3.38. The lowest BCUT2D eigenvalue weighted by Gasteiger charge is -2.27. The Morgan fingerprint density at radius 2 is 0.250 bits per heavy atom. The van der Waals surface area contributed by atoms with Crippen LogP contribution in [-0.2, 0) is 0 Å². The zero-order valence-corrected chi connectivity index (χ0v) is 39.4. The molecule has 0 atom stereocenters. The second-order valence-electron chi connectivity index (χ2n) is 17.9. The molecule has 0 amide bonds. The van der Waals surface area contributed by atoms with Crippen LogP contribution in [0.4, 0.5) is 51.2 Å². The first kappa shape index (κ1) is 43.5. The minimum Gasteiger partial charge on any atom is -0.311 e. The number of aryl methyl sites for hydroxylation is 5. The normalized spacial score (nSPS) is 11.0. The maximum absolute atomic E-state index is 2.34. The van der Waals surface area contributed by atoms with Crippen molar-refractivity contribution in [3.63, 3.8) is 0 Å². The molecule has 0 fully saturated rings. The van der Waals surface area contributed by atoms with E-state index in [2.05, 4.69) is 292 Å². The molecule has 10 aromatic carbocycles. The summed E-state index contributed by atoms with van der Waals surface area (Å²) < 4.78 is 0. The number of nitrogens with zero attached hydrogens (tertiary/aromatic N) is 3. The number of hydrogen-bond donors (Lipinski definition) is 0. The molecule has 0 spiro atoms. The Kier molecular flexibility index (Phi) is 12.3. The topological polar surface area (TPSA) is 9.72 Å². The minimum absolute atomic E-state index is 1.10. The predicted molar refractivity (Wildman–Crippen MR) is 290 cm³/mol. The molecule has 3 nitrogen and oxygen atoms in total. The van der Waals surface area contributed by atoms with Gasteiger partial charge in [0.15, 0.2) is 0 Å². The monoisotopic (exact) mass is 877 g/mol. The fourth-order valence-corrected chi connectivity index (χ4v) is 8.88. The van der Waals surface area contributed by atoms with Gasteiger partial charge in [-0.3, -0.25) is 0 Å². The standard InChI is InChI=1S/C65H55N3/c1-46-6-16-51(17-7-46)52-18-36-62(37-19-52)67(59-32-12-49(4)13-33-59)63-40-24-55(25-41-63)56-26-44-65(45-27-56)68(60-34-14-50(5)15-35-60)64-42-22-54(23-43-64)53-20-38-61(39-21-53)66(57-28-8-47(2)9-29-57)58-30-10-48(3)11-31-58/h6-45H,1-5H3. The van der Waals surface area contributed by atoms with Gasteiger partial charge in [0, 0.05) is 51.2 Å². The Morgan fingerprint density at radius 3 is 0.397 bits per heavy atom. The molecule has 10 rings (SSSR count). The van der Waals surface area contributed by atoms with Crippen molar-refractivity contribution in [1.29, 1.82) is 0 Å². The highest BCUT2D eigenvalue weighted by atomic mass is 15.2. The molecule has 330 valence electrons. The van der Waals surface area contributed by atoms with E-state index in [4.69, 9.17) is 0 Å². The molecule has 0 N–H and O–H groups in total. The second-order valence-corrected chi connectivity index (χ2v) is 17.9. The first-order chi connectivity index (χ1) is 33.2. The van der Waals surface area contributed by atoms with E-state index in [9.17, 15) is 0 Å². The van der Waals surface area contributed by atoms with E-state index < -0.39 is 0 Å². The van der Waals surface area contributed by atoms with E-state index in [1.54, 1.807) is 0 Å². The van der Waals surface area contributed by atoms with Crippen molar-refractivity contribution in [2.75, 3.05) is 14.7 Å². The Hall–Kier alpha value is -8.40. The first-order valence-electron chi connectivity index (χ1n) is 23.5. The van der Waals surface area contributed by atoms with Crippen LogP contribution in [0.25, 0.3) is 33.4 Å². The van der Waals surface area contributed by atoms with Gasteiger partial charge in [0.2, 0.25) is 0 Å². The highest BCUT2D eigenvalue weighted by Gasteiger charge is 2.17. The highest BCUT2D eigenvalue weighted by molar-refractivity contribution is 5.83. The number of benzene rings is 10. The van der Waals surface area contributed by atoms with Crippen LogP contribution in [0.1, 0.15) is 27.8 Å². The summed E-state index contributed by atoms with van der Waals surface area (Å²) in [5, 5.41) is 0. The van der Waals surface area contributed by atoms with Crippen molar-refractivity contribution in [3.8, 4) is 33.4 Å². The Labute approximate surface area is 402 Å². The Bertz CT molecular complexity index is 3180. The fraction of sp³-hybridized carbons (Fsp3) is 0.0769. The third-order valence-corrected chi connectivity index (χ3v) is 12.8. The minimum atomic E-state index is 1.10. The SMILES string of the molecule is Cc1ccc(-c2ccc(N(c3ccc(C)cc3)c3ccc(-c4ccc(N(c5ccc(C)cc5)c5ccc(-c6ccc(N(c7ccc(C)cc7)c7ccc(C)cc7)cc6)cc5)cc4)cc3)cc2)cc1. The summed E-state index contributed by atoms with van der Waals surface area (Å²) in [6, 6.07) is 88.3. The maximum atomic E-state index is 2.34. The maximum Gasteiger partial charge on any atom is 0.0462 e. The van der Waals surface area contributed by atoms with E-state index in [0.717, 1.165) is 62.3 Å². The molecule has 0 unspecified atom stereocenters. The van der Waals surface area contributed by atoms with Gasteiger partial charge in [-0.25, -0.2) is 0 Å². The highest BCUT2D eigenvalue weighted by Crippen LogP contribution is 2.41. The van der Waals surface area contributed by atoms with Crippen LogP contribution < -0.4 is 14.7 Å². The first-order valence-corrected chi connectivity index (χ1v) is 23.5. The van der Waals surface area contributed by atoms with E-state index in [-0.39, 0.29) is 0 Å². The lowest BCUT2D eigenvalue weighted by molar-refractivity contribution is 1.27. The van der Waals surface area contributed by atoms with Gasteiger partial charge in [-0.2, -0.15) is 0 Å². The quantitative estimate of drug-likeness (QED) is 0.121. The van der Waals surface area contributed by atoms with Gasteiger partial charge >= 0.3 is 0 Å². The summed E-state index contributed by atoms with van der Waals surface area (Å²) >= 11 is 0. The van der Waals surface area contributed by atoms with Crippen LogP contribution >= 0.6 is 0 Å². The zero-order valence-electron chi connectivity index (χ0n) is 39.4. The Balaban J connectivity index is 0.906. The molecular weight excluding hydrogens is 823 g/mol. The number of anilines is 9. The zero-order chi connectivity index (χ0) is 46.6. The smallest absolute Gasteiger partial charge is 0.0462 e. The molecule has 0 bridgehead atoms. The summed E-state index contributed by atoms with van der Waals surface area (Å²) in [6.45, 7) is 10.7. The molecular formula is C65H55N3. The van der Waals surface area contributed by atoms with Gasteiger partial charge in [0.1, 0.15) is 0 Å². The third kappa shape index (κ3) is 9.47. The number of hydrogen-bond acceptors (Lipinski definition) is 3. The van der Waals surface area contributed by atoms with Crippen molar-refractivity contribution < 1.29 is 0 Å². The van der Waals surface area contributed by atoms with E-state index >= 15 is 0 Å². The summed E-state index contributed by atoms with van der Waals surface area (Å²) in [7, 11) is 0. The third-order valence-electron chi connectivity index (χ3n) is 12.8. The lowest BCUT2D eigenvalue weighted by atomic mass is 10.0. The molecule has 0 radical (unpaired) electrons. The van der Waals surface area contributed by atoms with E-state index in [0.29, 0.717) is 0 Å². The van der Waals surface area contributed by atoms with E-state index in [1.165, 1.54) is 50.1 Å². The molecule has 0 saturated carbocycles. The van der Waals surface area contributed by atoms with Crippen LogP contribution in [0.15, 0.2) is 243 Å². The Morgan fingerprint density at radius 1 is 0.147 bits per heavy atom. The predicted octanol–water partition coefficient (Wildman–Crippen LogP) is 18.6. The molecule has 68 heavy (non-hydrogen) atoms. The fourth-order valence-electron chi connectivity index (χ4n) is 8.88. The van der Waals surface area contributed by atoms with Crippen molar-refractivity contribution in [2.45, 2.75) is 34.6 Å². The average molecular weight is 878 g/mol. The molecule has 0 aliphatic rings. The molecule has 0 aromatic heterocycles. The van der Waals surface area contributed by atoms with Gasteiger partial charge in [0.05, 0.1) is 0 Å². The lowest BCUT2D eigenvalue weighted by Crippen LogP contribution is -2.10. The molecule has 0 aliphatic carbocycles. The largest absolute Gasteiger partial charge is 0.311 e. The summed E-state index contributed by atoms with van der Waals surface area (Å²) in [5.74, 6) is 0. The molecule has 0 aliphatic heterocycles. The van der Waals surface area contributed by atoms with Crippen molar-refractivity contribution >= 4 is 51.2 Å². The van der Waals surface area contributed by atoms with Crippen LogP contribution in [-0.4, -0.2) is 0 Å². The molecule has 0 heterocycles. The molecule has 0 saturated heterocycles. The van der Waals surface area contributed by atoms with Gasteiger partial charge in [-0.15, -0.1) is 0 Å². The van der Waals surface area contributed by atoms with Crippen LogP contribution in [0.2, 0.25) is 0 Å². The van der Waals surface area contributed by atoms with Crippen LogP contribution in [0.5, 0.6) is 0 Å². The second kappa shape index (κ2) is 19.2. The van der Waals surface area contributed by atoms with Gasteiger partial charge in [-0.05, 0) is 177 Å². The summed E-state index contributed by atoms with van der Waals surface area (Å²) in [6.07, 6.45) is 0. The summed E-state index contributed by atoms with van der Waals surface area (Å²) in [5.41, 5.74) is 23.3. The van der Waals surface area contributed by atoms with Crippen molar-refractivity contribution in [2.24, 2.45) is 0 Å². The van der Waals surface area contributed by atoms with Crippen molar-refractivity contribution in [3.05, 3.63) is 270 Å². The van der Waals surface area contributed by atoms with E-state index in [1.807, 2.05) is 0 Å². The van der Waals surface area contributed by atoms with Crippen LogP contribution in [0, 0.1) is 34.6 Å². The van der Waals surface area contributed by atoms with Gasteiger partial charge in [0.25, 0.3) is 0 Å². The molecule has 10 aromatic rings. The number of rotatable bonds is 12. The van der Waals surface area contributed by atoms with Gasteiger partial charge in [-0.1, -0.05) is 161 Å². The molecule has 3 heteroatoms. The van der Waals surface area contributed by atoms with Gasteiger partial charge < -0.3 is 14.7 Å². The summed E-state index contributed by atoms with van der Waals surface area (Å²) in [4.78, 5) is 6.99. The van der Waals surface area contributed by atoms with Crippen LogP contribution in [0.3, 0.4) is 0 Å². The van der Waals surface area contributed by atoms with Crippen molar-refractivity contribution in [1.82, 2.24) is 0 Å².